The molecular formula is C13H18O3. The van der Waals surface area contributed by atoms with E-state index < -0.39 is 6.10 Å². The molecule has 0 saturated carbocycles. The van der Waals surface area contributed by atoms with E-state index in [1.54, 1.807) is 45.2 Å². The number of benzene rings is 1. The normalized spacial score (nSPS) is 14.2. The summed E-state index contributed by atoms with van der Waals surface area (Å²) in [5, 5.41) is 9.99. The van der Waals surface area contributed by atoms with Gasteiger partial charge in [-0.1, -0.05) is 26.0 Å². The molecule has 0 aliphatic rings. The van der Waals surface area contributed by atoms with Crippen LogP contribution in [0.25, 0.3) is 0 Å². The van der Waals surface area contributed by atoms with Crippen molar-refractivity contribution in [2.75, 3.05) is 7.11 Å². The van der Waals surface area contributed by atoms with E-state index in [-0.39, 0.29) is 11.7 Å². The largest absolute Gasteiger partial charge is 0.497 e. The van der Waals surface area contributed by atoms with Crippen molar-refractivity contribution in [3.8, 4) is 5.75 Å². The molecule has 16 heavy (non-hydrogen) atoms. The van der Waals surface area contributed by atoms with Gasteiger partial charge in [-0.3, -0.25) is 4.79 Å². The van der Waals surface area contributed by atoms with Crippen molar-refractivity contribution in [3.05, 3.63) is 29.8 Å². The van der Waals surface area contributed by atoms with E-state index in [1.807, 2.05) is 0 Å². The Hall–Kier alpha value is -1.35. The average molecular weight is 222 g/mol. The Morgan fingerprint density at radius 1 is 1.38 bits per heavy atom. The van der Waals surface area contributed by atoms with E-state index in [1.165, 1.54) is 0 Å². The minimum atomic E-state index is -0.738. The highest BCUT2D eigenvalue weighted by Gasteiger charge is 2.21. The summed E-state index contributed by atoms with van der Waals surface area (Å²) in [5.74, 6) is 0.451. The van der Waals surface area contributed by atoms with Crippen LogP contribution in [0.5, 0.6) is 5.75 Å². The first-order valence-corrected chi connectivity index (χ1v) is 5.44. The Labute approximate surface area is 96.1 Å². The molecule has 3 nitrogen and oxygen atoms in total. The number of aliphatic hydroxyl groups is 1. The molecular weight excluding hydrogens is 204 g/mol. The predicted molar refractivity (Wildman–Crippen MR) is 62.4 cm³/mol. The maximum atomic E-state index is 11.5. The monoisotopic (exact) mass is 222 g/mol. The van der Waals surface area contributed by atoms with Crippen LogP contribution < -0.4 is 4.74 Å². The minimum Gasteiger partial charge on any atom is -0.497 e. The molecule has 1 N–H and O–H groups in total. The maximum absolute atomic E-state index is 11.5. The lowest BCUT2D eigenvalue weighted by atomic mass is 9.92. The number of ether oxygens (including phenoxy) is 1. The lowest BCUT2D eigenvalue weighted by Crippen LogP contribution is -2.18. The van der Waals surface area contributed by atoms with E-state index in [9.17, 15) is 9.90 Å². The van der Waals surface area contributed by atoms with E-state index >= 15 is 0 Å². The zero-order chi connectivity index (χ0) is 12.1. The second-order valence-corrected chi connectivity index (χ2v) is 3.83. The van der Waals surface area contributed by atoms with Crippen molar-refractivity contribution in [3.63, 3.8) is 0 Å². The van der Waals surface area contributed by atoms with Crippen molar-refractivity contribution in [2.45, 2.75) is 26.4 Å². The second-order valence-electron chi connectivity index (χ2n) is 3.83. The van der Waals surface area contributed by atoms with Gasteiger partial charge in [-0.15, -0.1) is 0 Å². The lowest BCUT2D eigenvalue weighted by molar-refractivity contribution is -0.125. The van der Waals surface area contributed by atoms with Crippen molar-refractivity contribution in [2.24, 2.45) is 5.92 Å². The zero-order valence-corrected chi connectivity index (χ0v) is 9.93. The topological polar surface area (TPSA) is 46.5 Å². The third-order valence-corrected chi connectivity index (χ3v) is 2.79. The summed E-state index contributed by atoms with van der Waals surface area (Å²) in [5.41, 5.74) is 0.745. The molecule has 1 rings (SSSR count). The fraction of sp³-hybridized carbons (Fsp3) is 0.462. The molecule has 0 amide bonds. The van der Waals surface area contributed by atoms with Crippen molar-refractivity contribution < 1.29 is 14.6 Å². The van der Waals surface area contributed by atoms with E-state index in [0.29, 0.717) is 6.42 Å². The van der Waals surface area contributed by atoms with E-state index in [4.69, 9.17) is 4.74 Å². The fourth-order valence-corrected chi connectivity index (χ4v) is 1.59. The second kappa shape index (κ2) is 5.66. The Morgan fingerprint density at radius 3 is 2.38 bits per heavy atom. The van der Waals surface area contributed by atoms with Gasteiger partial charge >= 0.3 is 0 Å². The van der Waals surface area contributed by atoms with Gasteiger partial charge in [0.05, 0.1) is 13.2 Å². The molecule has 1 aromatic carbocycles. The highest BCUT2D eigenvalue weighted by atomic mass is 16.5. The molecule has 0 aliphatic carbocycles. The first-order chi connectivity index (χ1) is 7.60. The minimum absolute atomic E-state index is 0.0725. The Balaban J connectivity index is 2.79. The summed E-state index contributed by atoms with van der Waals surface area (Å²) in [6.07, 6.45) is -0.285. The molecule has 0 radical (unpaired) electrons. The number of methoxy groups -OCH3 is 1. The molecule has 0 spiro atoms. The summed E-state index contributed by atoms with van der Waals surface area (Å²) in [6.45, 7) is 3.56. The summed E-state index contributed by atoms with van der Waals surface area (Å²) in [7, 11) is 1.59. The third-order valence-electron chi connectivity index (χ3n) is 2.79. The highest BCUT2D eigenvalue weighted by molar-refractivity contribution is 5.81. The van der Waals surface area contributed by atoms with Crippen LogP contribution in [0.4, 0.5) is 0 Å². The van der Waals surface area contributed by atoms with Crippen LogP contribution in [-0.4, -0.2) is 18.0 Å². The molecule has 0 heterocycles. The molecule has 2 atom stereocenters. The Morgan fingerprint density at radius 2 is 1.94 bits per heavy atom. The van der Waals surface area contributed by atoms with Crippen molar-refractivity contribution in [1.82, 2.24) is 0 Å². The van der Waals surface area contributed by atoms with Crippen LogP contribution in [0, 0.1) is 5.92 Å². The summed E-state index contributed by atoms with van der Waals surface area (Å²) < 4.78 is 5.03. The highest BCUT2D eigenvalue weighted by Crippen LogP contribution is 2.25. The van der Waals surface area contributed by atoms with Crippen LogP contribution in [-0.2, 0) is 4.79 Å². The number of hydrogen-bond donors (Lipinski definition) is 1. The average Bonchev–Trinajstić information content (AvgIpc) is 2.36. The first kappa shape index (κ1) is 12.7. The SMILES string of the molecule is CCC(=O)C(C)C(O)c1ccc(OC)cc1. The number of ketones is 1. The predicted octanol–water partition coefficient (Wildman–Crippen LogP) is 2.34. The van der Waals surface area contributed by atoms with Gasteiger partial charge in [0.1, 0.15) is 11.5 Å². The molecule has 0 aromatic heterocycles. The van der Waals surface area contributed by atoms with Crippen LogP contribution in [0.15, 0.2) is 24.3 Å². The first-order valence-electron chi connectivity index (χ1n) is 5.44. The smallest absolute Gasteiger partial charge is 0.138 e. The van der Waals surface area contributed by atoms with Gasteiger partial charge in [-0.05, 0) is 17.7 Å². The zero-order valence-electron chi connectivity index (χ0n) is 9.93. The van der Waals surface area contributed by atoms with Crippen LogP contribution in [0.1, 0.15) is 31.9 Å². The number of carbonyl (C=O) groups is 1. The van der Waals surface area contributed by atoms with Gasteiger partial charge < -0.3 is 9.84 Å². The van der Waals surface area contributed by atoms with Gasteiger partial charge in [0.25, 0.3) is 0 Å². The molecule has 3 heteroatoms. The van der Waals surface area contributed by atoms with Gasteiger partial charge in [-0.25, -0.2) is 0 Å². The van der Waals surface area contributed by atoms with E-state index in [0.717, 1.165) is 11.3 Å². The lowest BCUT2D eigenvalue weighted by Gasteiger charge is -2.17. The Bertz CT molecular complexity index is 343. The van der Waals surface area contributed by atoms with Crippen LogP contribution in [0.3, 0.4) is 0 Å². The molecule has 0 aliphatic heterocycles. The number of carbonyl (C=O) groups excluding carboxylic acids is 1. The molecule has 0 saturated heterocycles. The fourth-order valence-electron chi connectivity index (χ4n) is 1.59. The number of hydrogen-bond acceptors (Lipinski definition) is 3. The molecule has 2 unspecified atom stereocenters. The molecule has 0 fully saturated rings. The quantitative estimate of drug-likeness (QED) is 0.831. The Kier molecular flexibility index (Phi) is 4.50. The summed E-state index contributed by atoms with van der Waals surface area (Å²) in [4.78, 5) is 11.5. The van der Waals surface area contributed by atoms with Gasteiger partial charge in [-0.2, -0.15) is 0 Å². The number of rotatable bonds is 5. The van der Waals surface area contributed by atoms with Crippen molar-refractivity contribution >= 4 is 5.78 Å². The maximum Gasteiger partial charge on any atom is 0.138 e. The van der Waals surface area contributed by atoms with Gasteiger partial charge in [0, 0.05) is 12.3 Å². The number of Topliss-reactive ketones (excluding diaryl/α,β-unsaturated/α-hetero) is 1. The van der Waals surface area contributed by atoms with Crippen molar-refractivity contribution in [1.29, 1.82) is 0 Å². The van der Waals surface area contributed by atoms with Gasteiger partial charge in [0.15, 0.2) is 0 Å². The molecule has 1 aromatic rings. The molecule has 88 valence electrons. The third kappa shape index (κ3) is 2.83. The van der Waals surface area contributed by atoms with Crippen LogP contribution in [0.2, 0.25) is 0 Å². The van der Waals surface area contributed by atoms with E-state index in [2.05, 4.69) is 0 Å². The molecule has 0 bridgehead atoms. The number of aliphatic hydroxyl groups excluding tert-OH is 1. The van der Waals surface area contributed by atoms with Crippen LogP contribution >= 0.6 is 0 Å². The standard InChI is InChI=1S/C13H18O3/c1-4-12(14)9(2)13(15)10-5-7-11(16-3)8-6-10/h5-9,13,15H,4H2,1-3H3. The summed E-state index contributed by atoms with van der Waals surface area (Å²) in [6, 6.07) is 7.12. The summed E-state index contributed by atoms with van der Waals surface area (Å²) >= 11 is 0. The van der Waals surface area contributed by atoms with Gasteiger partial charge in [0.2, 0.25) is 0 Å².